The highest BCUT2D eigenvalue weighted by molar-refractivity contribution is 5.92. The van der Waals surface area contributed by atoms with Gasteiger partial charge in [0.2, 0.25) is 0 Å². The van der Waals surface area contributed by atoms with Crippen LogP contribution in [-0.2, 0) is 0 Å². The monoisotopic (exact) mass is 314 g/mol. The largest absolute Gasteiger partial charge is 0.451 e. The normalized spacial score (nSPS) is 26.2. The molecule has 4 nitrogen and oxygen atoms in total. The van der Waals surface area contributed by atoms with E-state index in [1.165, 1.54) is 12.5 Å². The number of fused-ring (bicyclic) bond motifs is 2. The number of carbonyl (C=O) groups excluding carboxylic acids is 1. The average Bonchev–Trinajstić information content (AvgIpc) is 3.15. The highest BCUT2D eigenvalue weighted by atomic mass is 19.1. The topological polar surface area (TPSA) is 45.5 Å². The summed E-state index contributed by atoms with van der Waals surface area (Å²) in [6, 6.07) is 9.81. The van der Waals surface area contributed by atoms with Crippen LogP contribution in [0.4, 0.5) is 4.39 Å². The molecule has 1 unspecified atom stereocenters. The minimum absolute atomic E-state index is 0.172. The molecule has 2 fully saturated rings. The third kappa shape index (κ3) is 2.88. The summed E-state index contributed by atoms with van der Waals surface area (Å²) in [5.41, 5.74) is 0.369. The molecule has 0 radical (unpaired) electrons. The van der Waals surface area contributed by atoms with E-state index >= 15 is 0 Å². The van der Waals surface area contributed by atoms with E-state index < -0.39 is 0 Å². The lowest BCUT2D eigenvalue weighted by Gasteiger charge is -2.30. The number of piperidine rings is 1. The van der Waals surface area contributed by atoms with Gasteiger partial charge in [0.15, 0.2) is 5.76 Å². The molecule has 5 heteroatoms. The Hall–Kier alpha value is -2.14. The third-order valence-electron chi connectivity index (χ3n) is 4.77. The Morgan fingerprint density at radius 2 is 2.09 bits per heavy atom. The van der Waals surface area contributed by atoms with Crippen molar-refractivity contribution in [2.45, 2.75) is 18.9 Å². The van der Waals surface area contributed by atoms with Crippen molar-refractivity contribution in [3.05, 3.63) is 48.0 Å². The Labute approximate surface area is 134 Å². The highest BCUT2D eigenvalue weighted by Gasteiger charge is 2.33. The van der Waals surface area contributed by atoms with Gasteiger partial charge in [0.25, 0.3) is 5.91 Å². The lowest BCUT2D eigenvalue weighted by atomic mass is 9.97. The molecule has 1 amide bonds. The lowest BCUT2D eigenvalue weighted by molar-refractivity contribution is 0.0882. The average molecular weight is 314 g/mol. The number of halogens is 1. The molecule has 2 aromatic rings. The van der Waals surface area contributed by atoms with Gasteiger partial charge in [0.1, 0.15) is 11.6 Å². The minimum atomic E-state index is -0.356. The maximum absolute atomic E-state index is 13.8. The van der Waals surface area contributed by atoms with Gasteiger partial charge in [0.05, 0.1) is 5.56 Å². The van der Waals surface area contributed by atoms with E-state index in [0.717, 1.165) is 26.1 Å². The summed E-state index contributed by atoms with van der Waals surface area (Å²) >= 11 is 0. The van der Waals surface area contributed by atoms with Crippen LogP contribution in [0.15, 0.2) is 40.8 Å². The first-order chi connectivity index (χ1) is 11.2. The summed E-state index contributed by atoms with van der Waals surface area (Å²) in [7, 11) is 0. The van der Waals surface area contributed by atoms with Crippen molar-refractivity contribution in [3.63, 3.8) is 0 Å². The SMILES string of the molecule is O=C(N[C@@H]1C[C@@H]2CCN(C2)C1)c1ccc(-c2ccccc2F)o1. The summed E-state index contributed by atoms with van der Waals surface area (Å²) in [5, 5.41) is 3.05. The Bertz CT molecular complexity index is 715. The molecule has 3 atom stereocenters. The summed E-state index contributed by atoms with van der Waals surface area (Å²) in [6.07, 6.45) is 2.26. The van der Waals surface area contributed by atoms with E-state index in [0.29, 0.717) is 17.2 Å². The van der Waals surface area contributed by atoms with Crippen molar-refractivity contribution in [1.29, 1.82) is 0 Å². The van der Waals surface area contributed by atoms with Crippen LogP contribution in [0.3, 0.4) is 0 Å². The second kappa shape index (κ2) is 5.81. The first kappa shape index (κ1) is 14.5. The number of carbonyl (C=O) groups is 1. The minimum Gasteiger partial charge on any atom is -0.451 e. The summed E-state index contributed by atoms with van der Waals surface area (Å²) in [6.45, 7) is 3.20. The Kier molecular flexibility index (Phi) is 3.65. The highest BCUT2D eigenvalue weighted by Crippen LogP contribution is 2.28. The van der Waals surface area contributed by atoms with Crippen molar-refractivity contribution in [2.24, 2.45) is 5.92 Å². The van der Waals surface area contributed by atoms with E-state index in [-0.39, 0.29) is 23.5 Å². The molecule has 23 heavy (non-hydrogen) atoms. The molecule has 0 spiro atoms. The van der Waals surface area contributed by atoms with Crippen molar-refractivity contribution < 1.29 is 13.6 Å². The molecule has 1 aromatic carbocycles. The fourth-order valence-corrected chi connectivity index (χ4v) is 3.69. The number of amides is 1. The Morgan fingerprint density at radius 1 is 1.22 bits per heavy atom. The zero-order chi connectivity index (χ0) is 15.8. The summed E-state index contributed by atoms with van der Waals surface area (Å²) in [5.74, 6) is 0.724. The van der Waals surface area contributed by atoms with Crippen LogP contribution in [0.1, 0.15) is 23.4 Å². The molecule has 0 aliphatic carbocycles. The maximum atomic E-state index is 13.8. The molecule has 2 bridgehead atoms. The first-order valence-corrected chi connectivity index (χ1v) is 8.07. The quantitative estimate of drug-likeness (QED) is 0.947. The fourth-order valence-electron chi connectivity index (χ4n) is 3.69. The molecular weight excluding hydrogens is 295 g/mol. The zero-order valence-corrected chi connectivity index (χ0v) is 12.8. The molecule has 4 rings (SSSR count). The third-order valence-corrected chi connectivity index (χ3v) is 4.77. The Balaban J connectivity index is 1.46. The van der Waals surface area contributed by atoms with Gasteiger partial charge in [-0.25, -0.2) is 4.39 Å². The van der Waals surface area contributed by atoms with Crippen LogP contribution in [0.25, 0.3) is 11.3 Å². The zero-order valence-electron chi connectivity index (χ0n) is 12.8. The molecule has 3 heterocycles. The second-order valence-corrected chi connectivity index (χ2v) is 6.46. The van der Waals surface area contributed by atoms with E-state index in [4.69, 9.17) is 4.42 Å². The lowest BCUT2D eigenvalue weighted by Crippen LogP contribution is -2.46. The molecule has 1 N–H and O–H groups in total. The molecule has 2 aliphatic rings. The number of nitrogens with one attached hydrogen (secondary N) is 1. The van der Waals surface area contributed by atoms with Crippen LogP contribution >= 0.6 is 0 Å². The van der Waals surface area contributed by atoms with Crippen molar-refractivity contribution in [1.82, 2.24) is 10.2 Å². The Morgan fingerprint density at radius 3 is 2.91 bits per heavy atom. The molecule has 2 aliphatic heterocycles. The number of benzene rings is 1. The number of hydrogen-bond donors (Lipinski definition) is 1. The van der Waals surface area contributed by atoms with Gasteiger partial charge in [-0.2, -0.15) is 0 Å². The van der Waals surface area contributed by atoms with E-state index in [2.05, 4.69) is 10.2 Å². The van der Waals surface area contributed by atoms with E-state index in [1.54, 1.807) is 30.3 Å². The maximum Gasteiger partial charge on any atom is 0.287 e. The molecule has 1 aromatic heterocycles. The van der Waals surface area contributed by atoms with Crippen LogP contribution in [0.2, 0.25) is 0 Å². The first-order valence-electron chi connectivity index (χ1n) is 8.07. The summed E-state index contributed by atoms with van der Waals surface area (Å²) < 4.78 is 19.3. The van der Waals surface area contributed by atoms with Crippen LogP contribution in [-0.4, -0.2) is 36.5 Å². The number of furan rings is 1. The molecule has 120 valence electrons. The number of rotatable bonds is 3. The summed E-state index contributed by atoms with van der Waals surface area (Å²) in [4.78, 5) is 14.8. The standard InChI is InChI=1S/C18H19FN2O2/c19-15-4-2-1-3-14(15)16-5-6-17(23-16)18(22)20-13-9-12-7-8-21(10-12)11-13/h1-6,12-13H,7-11H2,(H,20,22)/t12-,13+/m0/s1. The second-order valence-electron chi connectivity index (χ2n) is 6.46. The van der Waals surface area contributed by atoms with E-state index in [1.807, 2.05) is 0 Å². The van der Waals surface area contributed by atoms with Gasteiger partial charge in [0, 0.05) is 19.1 Å². The van der Waals surface area contributed by atoms with Gasteiger partial charge in [-0.1, -0.05) is 12.1 Å². The molecule has 0 saturated carbocycles. The fraction of sp³-hybridized carbons (Fsp3) is 0.389. The van der Waals surface area contributed by atoms with Crippen molar-refractivity contribution in [3.8, 4) is 11.3 Å². The smallest absolute Gasteiger partial charge is 0.287 e. The predicted octanol–water partition coefficient (Wildman–Crippen LogP) is 2.91. The number of nitrogens with zero attached hydrogens (tertiary/aromatic N) is 1. The van der Waals surface area contributed by atoms with Gasteiger partial charge >= 0.3 is 0 Å². The van der Waals surface area contributed by atoms with Crippen LogP contribution in [0.5, 0.6) is 0 Å². The predicted molar refractivity (Wildman–Crippen MR) is 84.5 cm³/mol. The van der Waals surface area contributed by atoms with Gasteiger partial charge in [-0.3, -0.25) is 4.79 Å². The number of hydrogen-bond acceptors (Lipinski definition) is 3. The van der Waals surface area contributed by atoms with Gasteiger partial charge in [-0.05, 0) is 49.6 Å². The van der Waals surface area contributed by atoms with Crippen LogP contribution < -0.4 is 5.32 Å². The molecule has 2 saturated heterocycles. The van der Waals surface area contributed by atoms with Gasteiger partial charge < -0.3 is 14.6 Å². The van der Waals surface area contributed by atoms with Crippen molar-refractivity contribution >= 4 is 5.91 Å². The molecular formula is C18H19FN2O2. The van der Waals surface area contributed by atoms with Gasteiger partial charge in [-0.15, -0.1) is 0 Å². The van der Waals surface area contributed by atoms with Crippen LogP contribution in [0, 0.1) is 11.7 Å². The van der Waals surface area contributed by atoms with E-state index in [9.17, 15) is 9.18 Å². The van der Waals surface area contributed by atoms with Crippen molar-refractivity contribution in [2.75, 3.05) is 19.6 Å².